The van der Waals surface area contributed by atoms with Gasteiger partial charge in [-0.25, -0.2) is 9.98 Å². The van der Waals surface area contributed by atoms with Crippen molar-refractivity contribution in [1.82, 2.24) is 15.4 Å². The summed E-state index contributed by atoms with van der Waals surface area (Å²) in [5.74, 6) is 2.46. The van der Waals surface area contributed by atoms with Crippen molar-refractivity contribution in [2.24, 2.45) is 10.1 Å². The third-order valence-corrected chi connectivity index (χ3v) is 4.82. The Bertz CT molecular complexity index is 1260. The third-order valence-electron chi connectivity index (χ3n) is 4.82. The van der Waals surface area contributed by atoms with E-state index in [1.54, 1.807) is 13.3 Å². The van der Waals surface area contributed by atoms with Crippen molar-refractivity contribution in [3.05, 3.63) is 83.7 Å². The monoisotopic (exact) mass is 441 g/mol. The van der Waals surface area contributed by atoms with Crippen molar-refractivity contribution >= 4 is 28.8 Å². The van der Waals surface area contributed by atoms with E-state index in [0.717, 1.165) is 22.3 Å². The predicted octanol–water partition coefficient (Wildman–Crippen LogP) is 5.37. The predicted molar refractivity (Wildman–Crippen MR) is 133 cm³/mol. The first-order chi connectivity index (χ1) is 16.0. The molecule has 0 radical (unpaired) electrons. The highest BCUT2D eigenvalue weighted by molar-refractivity contribution is 6.00. The number of rotatable bonds is 7. The van der Waals surface area contributed by atoms with Gasteiger partial charge in [0.05, 0.1) is 36.1 Å². The van der Waals surface area contributed by atoms with E-state index in [9.17, 15) is 0 Å². The lowest BCUT2D eigenvalue weighted by Gasteiger charge is -2.13. The molecule has 0 fully saturated rings. The van der Waals surface area contributed by atoms with Crippen LogP contribution >= 0.6 is 0 Å². The molecule has 1 aromatic heterocycles. The minimum atomic E-state index is 0.0597. The fraction of sp³-hybridized carbons (Fsp3) is 0.192. The lowest BCUT2D eigenvalue weighted by molar-refractivity contribution is 0.230. The van der Waals surface area contributed by atoms with Crippen LogP contribution in [0.25, 0.3) is 11.0 Å². The standard InChI is InChI=1S/C26H27N5O2/c1-17(2)33-23-14-11-19(15-24(23)32-4)16-27-31-26(28-20-12-9-18(3)10-13-20)25-29-21-7-5-6-8-22(21)30-25/h5-17H,1-4H3,(H,28,31)(H,29,30)/b27-16+. The number of aliphatic imine (C=N–C) groups is 1. The van der Waals surface area contributed by atoms with Gasteiger partial charge in [-0.05, 0) is 68.8 Å². The number of nitrogens with zero attached hydrogens (tertiary/aromatic N) is 3. The first-order valence-electron chi connectivity index (χ1n) is 10.8. The van der Waals surface area contributed by atoms with Gasteiger partial charge >= 0.3 is 0 Å². The molecule has 2 N–H and O–H groups in total. The number of aromatic nitrogens is 2. The van der Waals surface area contributed by atoms with E-state index in [1.807, 2.05) is 87.5 Å². The molecule has 7 nitrogen and oxygen atoms in total. The average molecular weight is 442 g/mol. The Hall–Kier alpha value is -4.13. The Kier molecular flexibility index (Phi) is 6.69. The molecule has 0 aliphatic rings. The number of hydrogen-bond donors (Lipinski definition) is 2. The molecular formula is C26H27N5O2. The highest BCUT2D eigenvalue weighted by Gasteiger charge is 2.10. The summed E-state index contributed by atoms with van der Waals surface area (Å²) in [5, 5.41) is 4.41. The molecule has 3 aromatic carbocycles. The molecule has 0 saturated heterocycles. The molecule has 168 valence electrons. The highest BCUT2D eigenvalue weighted by atomic mass is 16.5. The SMILES string of the molecule is COc1cc(/C=N/NC(=Nc2ccc(C)cc2)c2nc3ccccc3[nH]2)ccc1OC(C)C. The number of imidazole rings is 1. The Morgan fingerprint density at radius 2 is 1.82 bits per heavy atom. The van der Waals surface area contributed by atoms with E-state index in [4.69, 9.17) is 14.5 Å². The van der Waals surface area contributed by atoms with Crippen molar-refractivity contribution in [1.29, 1.82) is 0 Å². The Morgan fingerprint density at radius 1 is 1.03 bits per heavy atom. The van der Waals surface area contributed by atoms with Gasteiger partial charge in [0, 0.05) is 0 Å². The van der Waals surface area contributed by atoms with E-state index in [-0.39, 0.29) is 6.10 Å². The maximum Gasteiger partial charge on any atom is 0.190 e. The molecule has 0 spiro atoms. The van der Waals surface area contributed by atoms with E-state index in [2.05, 4.69) is 20.5 Å². The van der Waals surface area contributed by atoms with E-state index in [1.165, 1.54) is 5.56 Å². The second-order valence-electron chi connectivity index (χ2n) is 7.85. The fourth-order valence-corrected chi connectivity index (χ4v) is 3.23. The number of benzene rings is 3. The van der Waals surface area contributed by atoms with Crippen LogP contribution in [0, 0.1) is 6.92 Å². The molecule has 0 unspecified atom stereocenters. The van der Waals surface area contributed by atoms with Gasteiger partial charge in [0.2, 0.25) is 0 Å². The van der Waals surface area contributed by atoms with Gasteiger partial charge in [0.1, 0.15) is 0 Å². The number of aromatic amines is 1. The molecule has 4 aromatic rings. The first kappa shape index (κ1) is 22.1. The molecule has 0 atom stereocenters. The molecule has 1 heterocycles. The zero-order valence-corrected chi connectivity index (χ0v) is 19.2. The van der Waals surface area contributed by atoms with Gasteiger partial charge in [0.15, 0.2) is 23.2 Å². The van der Waals surface area contributed by atoms with Crippen molar-refractivity contribution < 1.29 is 9.47 Å². The fourth-order valence-electron chi connectivity index (χ4n) is 3.23. The second-order valence-corrected chi connectivity index (χ2v) is 7.85. The maximum atomic E-state index is 5.78. The number of methoxy groups -OCH3 is 1. The van der Waals surface area contributed by atoms with Crippen LogP contribution < -0.4 is 14.9 Å². The van der Waals surface area contributed by atoms with Crippen LogP contribution in [0.2, 0.25) is 0 Å². The number of para-hydroxylation sites is 2. The molecule has 0 saturated carbocycles. The Labute approximate surface area is 193 Å². The average Bonchev–Trinajstić information content (AvgIpc) is 3.24. The molecule has 0 bridgehead atoms. The first-order valence-corrected chi connectivity index (χ1v) is 10.8. The lowest BCUT2D eigenvalue weighted by Crippen LogP contribution is -2.20. The van der Waals surface area contributed by atoms with Crippen molar-refractivity contribution in [3.63, 3.8) is 0 Å². The van der Waals surface area contributed by atoms with Crippen LogP contribution in [0.3, 0.4) is 0 Å². The number of nitrogens with one attached hydrogen (secondary N) is 2. The maximum absolute atomic E-state index is 5.78. The third kappa shape index (κ3) is 5.57. The minimum Gasteiger partial charge on any atom is -0.493 e. The summed E-state index contributed by atoms with van der Waals surface area (Å²) in [6, 6.07) is 21.5. The van der Waals surface area contributed by atoms with Gasteiger partial charge in [-0.1, -0.05) is 29.8 Å². The molecule has 0 aliphatic carbocycles. The van der Waals surface area contributed by atoms with Crippen LogP contribution in [-0.4, -0.2) is 35.2 Å². The van der Waals surface area contributed by atoms with Crippen LogP contribution in [0.15, 0.2) is 76.8 Å². The van der Waals surface area contributed by atoms with Gasteiger partial charge in [-0.15, -0.1) is 0 Å². The molecule has 33 heavy (non-hydrogen) atoms. The number of H-pyrrole nitrogens is 1. The van der Waals surface area contributed by atoms with Gasteiger partial charge in [0.25, 0.3) is 0 Å². The number of amidine groups is 1. The van der Waals surface area contributed by atoms with Crippen molar-refractivity contribution in [2.45, 2.75) is 26.9 Å². The van der Waals surface area contributed by atoms with E-state index < -0.39 is 0 Å². The number of hydrazone groups is 1. The quantitative estimate of drug-likeness (QED) is 0.229. The van der Waals surface area contributed by atoms with E-state index in [0.29, 0.717) is 23.2 Å². The summed E-state index contributed by atoms with van der Waals surface area (Å²) in [5.41, 5.74) is 7.67. The zero-order chi connectivity index (χ0) is 23.2. The van der Waals surface area contributed by atoms with Crippen LogP contribution in [0.4, 0.5) is 5.69 Å². The number of hydrogen-bond acceptors (Lipinski definition) is 5. The molecule has 0 aliphatic heterocycles. The normalized spacial score (nSPS) is 12.0. The summed E-state index contributed by atoms with van der Waals surface area (Å²) in [7, 11) is 1.62. The topological polar surface area (TPSA) is 83.9 Å². The smallest absolute Gasteiger partial charge is 0.190 e. The minimum absolute atomic E-state index is 0.0597. The second kappa shape index (κ2) is 9.99. The van der Waals surface area contributed by atoms with Crippen LogP contribution in [-0.2, 0) is 0 Å². The summed E-state index contributed by atoms with van der Waals surface area (Å²) in [4.78, 5) is 12.7. The number of ether oxygens (including phenoxy) is 2. The van der Waals surface area contributed by atoms with Crippen molar-refractivity contribution in [2.75, 3.05) is 7.11 Å². The molecule has 4 rings (SSSR count). The van der Waals surface area contributed by atoms with Crippen LogP contribution in [0.5, 0.6) is 11.5 Å². The van der Waals surface area contributed by atoms with E-state index >= 15 is 0 Å². The summed E-state index contributed by atoms with van der Waals surface area (Å²) < 4.78 is 11.2. The largest absolute Gasteiger partial charge is 0.493 e. The molecular weight excluding hydrogens is 414 g/mol. The van der Waals surface area contributed by atoms with Gasteiger partial charge in [-0.2, -0.15) is 5.10 Å². The van der Waals surface area contributed by atoms with Crippen LogP contribution in [0.1, 0.15) is 30.8 Å². The molecule has 7 heteroatoms. The van der Waals surface area contributed by atoms with Crippen molar-refractivity contribution in [3.8, 4) is 11.5 Å². The Morgan fingerprint density at radius 3 is 2.55 bits per heavy atom. The van der Waals surface area contributed by atoms with Gasteiger partial charge in [-0.3, -0.25) is 5.43 Å². The summed E-state index contributed by atoms with van der Waals surface area (Å²) >= 11 is 0. The summed E-state index contributed by atoms with van der Waals surface area (Å²) in [6.07, 6.45) is 1.76. The van der Waals surface area contributed by atoms with Gasteiger partial charge < -0.3 is 14.5 Å². The lowest BCUT2D eigenvalue weighted by atomic mass is 10.2. The number of fused-ring (bicyclic) bond motifs is 1. The zero-order valence-electron chi connectivity index (χ0n) is 19.2. The Balaban J connectivity index is 1.61. The number of aryl methyl sites for hydroxylation is 1. The summed E-state index contributed by atoms with van der Waals surface area (Å²) in [6.45, 7) is 6.00. The molecule has 0 amide bonds. The highest BCUT2D eigenvalue weighted by Crippen LogP contribution is 2.28.